The molecule has 0 unspecified atom stereocenters. The summed E-state index contributed by atoms with van der Waals surface area (Å²) in [6, 6.07) is 3.66. The molecule has 0 atom stereocenters. The third-order valence-electron chi connectivity index (χ3n) is 1.94. The Hall–Kier alpha value is -0.930. The number of aromatic nitrogens is 1. The monoisotopic (exact) mass is 225 g/mol. The Balaban J connectivity index is 2.72. The second-order valence-corrected chi connectivity index (χ2v) is 4.66. The van der Waals surface area contributed by atoms with Crippen LogP contribution in [0, 0.1) is 6.92 Å². The molecule has 0 fully saturated rings. The molecular formula is C10H8ClNOS. The molecule has 0 aliphatic carbocycles. The van der Waals surface area contributed by atoms with Crippen molar-refractivity contribution in [3.05, 3.63) is 27.7 Å². The van der Waals surface area contributed by atoms with Crippen molar-refractivity contribution in [2.45, 2.75) is 13.3 Å². The fourth-order valence-corrected chi connectivity index (χ4v) is 2.57. The summed E-state index contributed by atoms with van der Waals surface area (Å²) in [6.45, 7) is 1.95. The SMILES string of the molecule is Cc1nc2cc(Cl)cc(CC=O)c2s1. The van der Waals surface area contributed by atoms with E-state index in [0.29, 0.717) is 11.4 Å². The number of aryl methyl sites for hydroxylation is 1. The molecule has 0 amide bonds. The van der Waals surface area contributed by atoms with E-state index in [4.69, 9.17) is 11.6 Å². The lowest BCUT2D eigenvalue weighted by atomic mass is 10.1. The van der Waals surface area contributed by atoms with Gasteiger partial charge in [0.05, 0.1) is 15.2 Å². The van der Waals surface area contributed by atoms with Gasteiger partial charge in [-0.05, 0) is 24.6 Å². The van der Waals surface area contributed by atoms with Crippen LogP contribution in [-0.2, 0) is 11.2 Å². The Morgan fingerprint density at radius 1 is 1.57 bits per heavy atom. The van der Waals surface area contributed by atoms with E-state index >= 15 is 0 Å². The Bertz CT molecular complexity index is 492. The highest BCUT2D eigenvalue weighted by molar-refractivity contribution is 7.18. The molecule has 2 rings (SSSR count). The Morgan fingerprint density at radius 3 is 3.07 bits per heavy atom. The first-order valence-electron chi connectivity index (χ1n) is 4.20. The maximum Gasteiger partial charge on any atom is 0.124 e. The number of rotatable bonds is 2. The highest BCUT2D eigenvalue weighted by atomic mass is 35.5. The van der Waals surface area contributed by atoms with Crippen LogP contribution in [0.3, 0.4) is 0 Å². The molecule has 1 aromatic carbocycles. The zero-order valence-electron chi connectivity index (χ0n) is 7.58. The van der Waals surface area contributed by atoms with Crippen LogP contribution in [-0.4, -0.2) is 11.3 Å². The van der Waals surface area contributed by atoms with Crippen molar-refractivity contribution in [1.29, 1.82) is 0 Å². The van der Waals surface area contributed by atoms with Gasteiger partial charge in [-0.2, -0.15) is 0 Å². The van der Waals surface area contributed by atoms with Crippen LogP contribution < -0.4 is 0 Å². The Labute approximate surface area is 90.5 Å². The van der Waals surface area contributed by atoms with Gasteiger partial charge in [0.2, 0.25) is 0 Å². The minimum atomic E-state index is 0.401. The summed E-state index contributed by atoms with van der Waals surface area (Å²) < 4.78 is 1.07. The predicted octanol–water partition coefficient (Wildman–Crippen LogP) is 3.00. The number of benzene rings is 1. The smallest absolute Gasteiger partial charge is 0.124 e. The number of halogens is 1. The Kier molecular flexibility index (Phi) is 2.52. The van der Waals surface area contributed by atoms with Crippen LogP contribution in [0.5, 0.6) is 0 Å². The van der Waals surface area contributed by atoms with Gasteiger partial charge in [0, 0.05) is 11.4 Å². The van der Waals surface area contributed by atoms with Crippen LogP contribution >= 0.6 is 22.9 Å². The van der Waals surface area contributed by atoms with Gasteiger partial charge in [-0.25, -0.2) is 4.98 Å². The summed E-state index contributed by atoms with van der Waals surface area (Å²) in [5, 5.41) is 1.63. The summed E-state index contributed by atoms with van der Waals surface area (Å²) >= 11 is 7.52. The summed E-state index contributed by atoms with van der Waals surface area (Å²) in [5.41, 5.74) is 1.85. The standard InChI is InChI=1S/C10H8ClNOS/c1-6-12-9-5-8(11)4-7(2-3-13)10(9)14-6/h3-5H,2H2,1H3. The topological polar surface area (TPSA) is 30.0 Å². The highest BCUT2D eigenvalue weighted by Gasteiger charge is 2.07. The van der Waals surface area contributed by atoms with Gasteiger partial charge in [-0.3, -0.25) is 0 Å². The molecule has 1 aromatic heterocycles. The average molecular weight is 226 g/mol. The maximum atomic E-state index is 10.5. The molecule has 0 radical (unpaired) electrons. The van der Waals surface area contributed by atoms with Crippen molar-refractivity contribution in [3.8, 4) is 0 Å². The molecule has 1 heterocycles. The second-order valence-electron chi connectivity index (χ2n) is 3.02. The molecular weight excluding hydrogens is 218 g/mol. The molecule has 2 aromatic rings. The third kappa shape index (κ3) is 1.65. The molecule has 0 N–H and O–H groups in total. The molecule has 0 aliphatic heterocycles. The molecule has 0 spiro atoms. The van der Waals surface area contributed by atoms with Gasteiger partial charge in [0.15, 0.2) is 0 Å². The molecule has 0 aliphatic rings. The lowest BCUT2D eigenvalue weighted by molar-refractivity contribution is -0.107. The number of nitrogens with zero attached hydrogens (tertiary/aromatic N) is 1. The van der Waals surface area contributed by atoms with Crippen LogP contribution in [0.1, 0.15) is 10.6 Å². The first-order chi connectivity index (χ1) is 6.70. The van der Waals surface area contributed by atoms with Gasteiger partial charge in [0.25, 0.3) is 0 Å². The van der Waals surface area contributed by atoms with Crippen LogP contribution in [0.4, 0.5) is 0 Å². The van der Waals surface area contributed by atoms with Crippen molar-refractivity contribution in [2.75, 3.05) is 0 Å². The number of thiazole rings is 1. The van der Waals surface area contributed by atoms with Gasteiger partial charge < -0.3 is 4.79 Å². The van der Waals surface area contributed by atoms with Crippen molar-refractivity contribution in [2.24, 2.45) is 0 Å². The molecule has 4 heteroatoms. The lowest BCUT2D eigenvalue weighted by Gasteiger charge is -1.97. The zero-order valence-corrected chi connectivity index (χ0v) is 9.15. The quantitative estimate of drug-likeness (QED) is 0.736. The number of aldehydes is 1. The molecule has 14 heavy (non-hydrogen) atoms. The molecule has 0 saturated carbocycles. The number of carbonyl (C=O) groups is 1. The van der Waals surface area contributed by atoms with E-state index in [9.17, 15) is 4.79 Å². The van der Waals surface area contributed by atoms with Crippen LogP contribution in [0.25, 0.3) is 10.2 Å². The van der Waals surface area contributed by atoms with E-state index in [1.165, 1.54) is 0 Å². The minimum Gasteiger partial charge on any atom is -0.303 e. The predicted molar refractivity (Wildman–Crippen MR) is 59.1 cm³/mol. The number of carbonyl (C=O) groups excluding carboxylic acids is 1. The normalized spacial score (nSPS) is 10.7. The van der Waals surface area contributed by atoms with E-state index < -0.39 is 0 Å². The maximum absolute atomic E-state index is 10.5. The Morgan fingerprint density at radius 2 is 2.36 bits per heavy atom. The van der Waals surface area contributed by atoms with Gasteiger partial charge in [0.1, 0.15) is 6.29 Å². The van der Waals surface area contributed by atoms with Crippen LogP contribution in [0.2, 0.25) is 5.02 Å². The molecule has 0 bridgehead atoms. The van der Waals surface area contributed by atoms with E-state index in [0.717, 1.165) is 27.1 Å². The number of fused-ring (bicyclic) bond motifs is 1. The van der Waals surface area contributed by atoms with Crippen LogP contribution in [0.15, 0.2) is 12.1 Å². The first kappa shape index (κ1) is 9.62. The van der Waals surface area contributed by atoms with E-state index in [-0.39, 0.29) is 0 Å². The fraction of sp³-hybridized carbons (Fsp3) is 0.200. The zero-order chi connectivity index (χ0) is 10.1. The van der Waals surface area contributed by atoms with E-state index in [1.807, 2.05) is 19.1 Å². The fourth-order valence-electron chi connectivity index (χ4n) is 1.42. The van der Waals surface area contributed by atoms with Crippen molar-refractivity contribution < 1.29 is 4.79 Å². The largest absolute Gasteiger partial charge is 0.303 e. The first-order valence-corrected chi connectivity index (χ1v) is 5.39. The van der Waals surface area contributed by atoms with Crippen molar-refractivity contribution >= 4 is 39.4 Å². The number of hydrogen-bond donors (Lipinski definition) is 0. The van der Waals surface area contributed by atoms with Crippen molar-refractivity contribution in [1.82, 2.24) is 4.98 Å². The second kappa shape index (κ2) is 3.67. The minimum absolute atomic E-state index is 0.401. The number of hydrogen-bond acceptors (Lipinski definition) is 3. The summed E-state index contributed by atoms with van der Waals surface area (Å²) in [5.74, 6) is 0. The average Bonchev–Trinajstić information content (AvgIpc) is 2.45. The van der Waals surface area contributed by atoms with E-state index in [1.54, 1.807) is 11.3 Å². The summed E-state index contributed by atoms with van der Waals surface area (Å²) in [7, 11) is 0. The third-order valence-corrected chi connectivity index (χ3v) is 3.22. The van der Waals surface area contributed by atoms with Crippen molar-refractivity contribution in [3.63, 3.8) is 0 Å². The molecule has 0 saturated heterocycles. The lowest BCUT2D eigenvalue weighted by Crippen LogP contribution is -1.86. The summed E-state index contributed by atoms with van der Waals surface area (Å²) in [6.07, 6.45) is 1.29. The van der Waals surface area contributed by atoms with Gasteiger partial charge >= 0.3 is 0 Å². The van der Waals surface area contributed by atoms with E-state index in [2.05, 4.69) is 4.98 Å². The van der Waals surface area contributed by atoms with Gasteiger partial charge in [-0.15, -0.1) is 11.3 Å². The molecule has 2 nitrogen and oxygen atoms in total. The highest BCUT2D eigenvalue weighted by Crippen LogP contribution is 2.28. The molecule has 72 valence electrons. The van der Waals surface area contributed by atoms with Gasteiger partial charge in [-0.1, -0.05) is 11.6 Å². The summed E-state index contributed by atoms with van der Waals surface area (Å²) in [4.78, 5) is 14.8.